The lowest BCUT2D eigenvalue weighted by Crippen LogP contribution is -2.25. The number of carbonyl (C=O) groups excluding carboxylic acids is 1. The van der Waals surface area contributed by atoms with Crippen LogP contribution in [-0.4, -0.2) is 20.1 Å². The van der Waals surface area contributed by atoms with Crippen LogP contribution in [0.25, 0.3) is 0 Å². The van der Waals surface area contributed by atoms with Gasteiger partial charge >= 0.3 is 0 Å². The fraction of sp³-hybridized carbons (Fsp3) is 0.588. The molecule has 5 nitrogen and oxygen atoms in total. The molecule has 0 aromatic heterocycles. The molecule has 0 radical (unpaired) electrons. The van der Waals surface area contributed by atoms with Crippen LogP contribution in [0.15, 0.2) is 18.2 Å². The third-order valence-electron chi connectivity index (χ3n) is 4.31. The van der Waals surface area contributed by atoms with Crippen molar-refractivity contribution < 1.29 is 13.2 Å². The minimum absolute atomic E-state index is 0.0429. The van der Waals surface area contributed by atoms with Gasteiger partial charge in [0.05, 0.1) is 11.4 Å². The summed E-state index contributed by atoms with van der Waals surface area (Å²) in [5.74, 6) is 0.204. The number of hydrogen-bond donors (Lipinski definition) is 2. The summed E-state index contributed by atoms with van der Waals surface area (Å²) < 4.78 is 26.5. The Morgan fingerprint density at radius 2 is 1.83 bits per heavy atom. The molecule has 128 valence electrons. The molecule has 1 saturated carbocycles. The summed E-state index contributed by atoms with van der Waals surface area (Å²) in [5, 5.41) is 2.96. The van der Waals surface area contributed by atoms with Gasteiger partial charge in [-0.05, 0) is 43.9 Å². The molecule has 1 aromatic rings. The van der Waals surface area contributed by atoms with Crippen molar-refractivity contribution in [3.05, 3.63) is 23.8 Å². The molecule has 0 unspecified atom stereocenters. The Morgan fingerprint density at radius 3 is 2.48 bits per heavy atom. The van der Waals surface area contributed by atoms with Gasteiger partial charge in [-0.25, -0.2) is 8.42 Å². The van der Waals surface area contributed by atoms with Gasteiger partial charge in [-0.3, -0.25) is 9.52 Å². The van der Waals surface area contributed by atoms with Crippen LogP contribution in [0.5, 0.6) is 0 Å². The monoisotopic (exact) mass is 338 g/mol. The highest BCUT2D eigenvalue weighted by molar-refractivity contribution is 7.92. The van der Waals surface area contributed by atoms with Crippen molar-refractivity contribution in [3.63, 3.8) is 0 Å². The molecule has 1 aromatic carbocycles. The van der Waals surface area contributed by atoms with E-state index in [-0.39, 0.29) is 17.6 Å². The molecule has 0 spiro atoms. The zero-order valence-electron chi connectivity index (χ0n) is 13.9. The number of nitrogens with one attached hydrogen (secondary N) is 2. The second-order valence-corrected chi connectivity index (χ2v) is 8.07. The Labute approximate surface area is 138 Å². The van der Waals surface area contributed by atoms with Gasteiger partial charge in [0.25, 0.3) is 0 Å². The zero-order valence-corrected chi connectivity index (χ0v) is 14.7. The Hall–Kier alpha value is -1.56. The highest BCUT2D eigenvalue weighted by Gasteiger charge is 2.22. The lowest BCUT2D eigenvalue weighted by molar-refractivity contribution is -0.120. The molecule has 23 heavy (non-hydrogen) atoms. The summed E-state index contributed by atoms with van der Waals surface area (Å²) in [5.41, 5.74) is 1.95. The van der Waals surface area contributed by atoms with E-state index in [1.54, 1.807) is 12.1 Å². The van der Waals surface area contributed by atoms with Gasteiger partial charge in [-0.1, -0.05) is 32.3 Å². The van der Waals surface area contributed by atoms with Gasteiger partial charge in [-0.15, -0.1) is 0 Å². The van der Waals surface area contributed by atoms with Crippen LogP contribution in [0.2, 0.25) is 0 Å². The predicted octanol–water partition coefficient (Wildman–Crippen LogP) is 3.67. The summed E-state index contributed by atoms with van der Waals surface area (Å²) in [6.45, 7) is 3.65. The second kappa shape index (κ2) is 7.81. The topological polar surface area (TPSA) is 75.3 Å². The van der Waals surface area contributed by atoms with Gasteiger partial charge in [0.2, 0.25) is 15.9 Å². The van der Waals surface area contributed by atoms with Gasteiger partial charge in [0.1, 0.15) is 0 Å². The molecule has 2 N–H and O–H groups in total. The summed E-state index contributed by atoms with van der Waals surface area (Å²) in [7, 11) is -3.34. The SMILES string of the molecule is CCCS(=O)(=O)Nc1cccc(NC(=O)C2CCCCC2)c1C. The molecular formula is C17H26N2O3S. The number of sulfonamides is 1. The molecule has 0 heterocycles. The largest absolute Gasteiger partial charge is 0.326 e. The van der Waals surface area contributed by atoms with Crippen molar-refractivity contribution in [1.29, 1.82) is 0 Å². The molecule has 1 aliphatic rings. The molecule has 2 rings (SSSR count). The van der Waals surface area contributed by atoms with Crippen molar-refractivity contribution in [2.24, 2.45) is 5.92 Å². The lowest BCUT2D eigenvalue weighted by Gasteiger charge is -2.22. The minimum Gasteiger partial charge on any atom is -0.326 e. The number of carbonyl (C=O) groups is 1. The lowest BCUT2D eigenvalue weighted by atomic mass is 9.88. The Morgan fingerprint density at radius 1 is 1.17 bits per heavy atom. The summed E-state index contributed by atoms with van der Waals surface area (Å²) in [6, 6.07) is 5.29. The van der Waals surface area contributed by atoms with E-state index in [0.717, 1.165) is 31.2 Å². The molecule has 0 bridgehead atoms. The van der Waals surface area contributed by atoms with Crippen LogP contribution in [0.1, 0.15) is 51.0 Å². The first-order valence-corrected chi connectivity index (χ1v) is 9.99. The van der Waals surface area contributed by atoms with Crippen molar-refractivity contribution in [2.75, 3.05) is 15.8 Å². The van der Waals surface area contributed by atoms with Crippen molar-refractivity contribution in [1.82, 2.24) is 0 Å². The van der Waals surface area contributed by atoms with E-state index >= 15 is 0 Å². The molecule has 0 atom stereocenters. The highest BCUT2D eigenvalue weighted by Crippen LogP contribution is 2.28. The molecule has 1 fully saturated rings. The van der Waals surface area contributed by atoms with Crippen molar-refractivity contribution >= 4 is 27.3 Å². The maximum atomic E-state index is 12.4. The summed E-state index contributed by atoms with van der Waals surface area (Å²) in [6.07, 6.45) is 5.85. The van der Waals surface area contributed by atoms with Gasteiger partial charge < -0.3 is 5.32 Å². The van der Waals surface area contributed by atoms with Gasteiger partial charge in [0, 0.05) is 11.6 Å². The smallest absolute Gasteiger partial charge is 0.232 e. The highest BCUT2D eigenvalue weighted by atomic mass is 32.2. The van der Waals surface area contributed by atoms with E-state index in [9.17, 15) is 13.2 Å². The quantitative estimate of drug-likeness (QED) is 0.831. The van der Waals surface area contributed by atoms with Crippen LogP contribution in [-0.2, 0) is 14.8 Å². The maximum absolute atomic E-state index is 12.4. The molecule has 6 heteroatoms. The molecular weight excluding hydrogens is 312 g/mol. The molecule has 0 saturated heterocycles. The van der Waals surface area contributed by atoms with E-state index in [1.807, 2.05) is 19.9 Å². The Balaban J connectivity index is 2.11. The second-order valence-electron chi connectivity index (χ2n) is 6.22. The number of anilines is 2. The number of hydrogen-bond acceptors (Lipinski definition) is 3. The molecule has 1 amide bonds. The van der Waals surface area contributed by atoms with Crippen LogP contribution < -0.4 is 10.0 Å². The first-order valence-electron chi connectivity index (χ1n) is 8.34. The van der Waals surface area contributed by atoms with Crippen molar-refractivity contribution in [3.8, 4) is 0 Å². The Bertz CT molecular complexity index is 650. The average molecular weight is 338 g/mol. The number of benzene rings is 1. The van der Waals surface area contributed by atoms with Crippen LogP contribution in [0.3, 0.4) is 0 Å². The summed E-state index contributed by atoms with van der Waals surface area (Å²) >= 11 is 0. The first kappa shape index (κ1) is 17.8. The van der Waals surface area contributed by atoms with Crippen LogP contribution in [0.4, 0.5) is 11.4 Å². The number of rotatable bonds is 6. The predicted molar refractivity (Wildman–Crippen MR) is 94.1 cm³/mol. The fourth-order valence-corrected chi connectivity index (χ4v) is 4.16. The number of amides is 1. The van der Waals surface area contributed by atoms with E-state index in [1.165, 1.54) is 6.42 Å². The normalized spacial score (nSPS) is 16.1. The standard InChI is InChI=1S/C17H26N2O3S/c1-3-12-23(21,22)19-16-11-7-10-15(13(16)2)18-17(20)14-8-5-4-6-9-14/h7,10-11,14,19H,3-6,8-9,12H2,1-2H3,(H,18,20). The fourth-order valence-electron chi connectivity index (χ4n) is 2.97. The maximum Gasteiger partial charge on any atom is 0.232 e. The van der Waals surface area contributed by atoms with Crippen molar-refractivity contribution in [2.45, 2.75) is 52.4 Å². The average Bonchev–Trinajstić information content (AvgIpc) is 2.52. The molecule has 0 aliphatic heterocycles. The van der Waals surface area contributed by atoms with E-state index in [0.29, 0.717) is 17.8 Å². The van der Waals surface area contributed by atoms with E-state index in [2.05, 4.69) is 10.0 Å². The zero-order chi connectivity index (χ0) is 16.9. The van der Waals surface area contributed by atoms with Crippen LogP contribution >= 0.6 is 0 Å². The van der Waals surface area contributed by atoms with E-state index < -0.39 is 10.0 Å². The third kappa shape index (κ3) is 4.96. The first-order chi connectivity index (χ1) is 10.9. The van der Waals surface area contributed by atoms with E-state index in [4.69, 9.17) is 0 Å². The molecule has 1 aliphatic carbocycles. The third-order valence-corrected chi connectivity index (χ3v) is 5.78. The van der Waals surface area contributed by atoms with Crippen LogP contribution in [0, 0.1) is 12.8 Å². The Kier molecular flexibility index (Phi) is 6.04. The minimum atomic E-state index is -3.34. The van der Waals surface area contributed by atoms with Gasteiger partial charge in [0.15, 0.2) is 0 Å². The summed E-state index contributed by atoms with van der Waals surface area (Å²) in [4.78, 5) is 12.4. The van der Waals surface area contributed by atoms with Gasteiger partial charge in [-0.2, -0.15) is 0 Å².